The van der Waals surface area contributed by atoms with Gasteiger partial charge in [-0.05, 0) is 80.4 Å². The molecule has 11 heteroatoms. The number of hydrogen-bond acceptors (Lipinski definition) is 6. The Hall–Kier alpha value is -4.34. The highest BCUT2D eigenvalue weighted by Gasteiger charge is 2.32. The van der Waals surface area contributed by atoms with Crippen molar-refractivity contribution in [1.29, 1.82) is 0 Å². The topological polar surface area (TPSA) is 106 Å². The number of anilines is 1. The summed E-state index contributed by atoms with van der Waals surface area (Å²) in [6, 6.07) is 18.6. The molecule has 0 unspecified atom stereocenters. The van der Waals surface area contributed by atoms with Crippen LogP contribution in [0.4, 0.5) is 5.95 Å². The Morgan fingerprint density at radius 1 is 1.00 bits per heavy atom. The van der Waals surface area contributed by atoms with Crippen molar-refractivity contribution in [1.82, 2.24) is 19.8 Å². The average Bonchev–Trinajstić information content (AvgIpc) is 3.02. The van der Waals surface area contributed by atoms with Gasteiger partial charge in [0.25, 0.3) is 17.4 Å². The van der Waals surface area contributed by atoms with Crippen LogP contribution >= 0.6 is 23.2 Å². The molecule has 0 saturated carbocycles. The van der Waals surface area contributed by atoms with Gasteiger partial charge in [-0.25, -0.2) is 9.55 Å². The smallest absolute Gasteiger partial charge is 0.263 e. The van der Waals surface area contributed by atoms with E-state index in [2.05, 4.69) is 10.6 Å². The van der Waals surface area contributed by atoms with Crippen molar-refractivity contribution in [2.75, 3.05) is 19.5 Å². The molecule has 2 amide bonds. The maximum absolute atomic E-state index is 14.1. The second kappa shape index (κ2) is 12.5. The molecule has 2 atom stereocenters. The van der Waals surface area contributed by atoms with Crippen LogP contribution in [0.1, 0.15) is 57.4 Å². The Bertz CT molecular complexity index is 1740. The number of carbonyl (C=O) groups is 2. The van der Waals surface area contributed by atoms with E-state index in [0.29, 0.717) is 50.5 Å². The average molecular weight is 621 g/mol. The Kier molecular flexibility index (Phi) is 8.75. The molecule has 222 valence electrons. The van der Waals surface area contributed by atoms with Crippen LogP contribution in [-0.2, 0) is 13.0 Å². The van der Waals surface area contributed by atoms with Crippen LogP contribution in [0.5, 0.6) is 5.75 Å². The van der Waals surface area contributed by atoms with E-state index in [1.54, 1.807) is 61.5 Å². The number of hydrogen-bond donors (Lipinski definition) is 2. The molecular weight excluding hydrogens is 589 g/mol. The maximum Gasteiger partial charge on any atom is 0.263 e. The number of carbonyl (C=O) groups excluding carboxylic acids is 2. The summed E-state index contributed by atoms with van der Waals surface area (Å²) < 4.78 is 6.81. The van der Waals surface area contributed by atoms with Gasteiger partial charge in [-0.15, -0.1) is 0 Å². The van der Waals surface area contributed by atoms with Crippen molar-refractivity contribution >= 4 is 41.0 Å². The fourth-order valence-corrected chi connectivity index (χ4v) is 5.44. The predicted octanol–water partition coefficient (Wildman–Crippen LogP) is 5.67. The Labute approximate surface area is 259 Å². The van der Waals surface area contributed by atoms with E-state index in [1.807, 2.05) is 38.1 Å². The minimum absolute atomic E-state index is 0.146. The third-order valence-corrected chi connectivity index (χ3v) is 8.36. The van der Waals surface area contributed by atoms with E-state index in [-0.39, 0.29) is 36.0 Å². The lowest BCUT2D eigenvalue weighted by molar-refractivity contribution is 0.0653. The molecule has 2 heterocycles. The molecule has 1 aliphatic rings. The number of rotatable bonds is 7. The van der Waals surface area contributed by atoms with Gasteiger partial charge in [0.15, 0.2) is 0 Å². The SMILES string of the molecule is CNC(=O)c1ccc(-n2c(N[C@@H](C)c3ccc(OC)cc3)nc3c(c2=O)C[C@@H](C)N(C(=O)c2ccc(Cl)c(Cl)c2)C3)cc1. The van der Waals surface area contributed by atoms with Crippen LogP contribution in [0.2, 0.25) is 10.0 Å². The monoisotopic (exact) mass is 619 g/mol. The number of amides is 2. The third kappa shape index (κ3) is 6.09. The fourth-order valence-electron chi connectivity index (χ4n) is 5.14. The summed E-state index contributed by atoms with van der Waals surface area (Å²) in [6.07, 6.45) is 0.318. The molecule has 5 rings (SSSR count). The molecule has 0 radical (unpaired) electrons. The van der Waals surface area contributed by atoms with Crippen LogP contribution in [0.25, 0.3) is 5.69 Å². The minimum atomic E-state index is -0.273. The zero-order valence-electron chi connectivity index (χ0n) is 24.2. The summed E-state index contributed by atoms with van der Waals surface area (Å²) in [5, 5.41) is 6.66. The minimum Gasteiger partial charge on any atom is -0.497 e. The lowest BCUT2D eigenvalue weighted by atomic mass is 9.98. The summed E-state index contributed by atoms with van der Waals surface area (Å²) >= 11 is 12.2. The Balaban J connectivity index is 1.56. The van der Waals surface area contributed by atoms with Gasteiger partial charge in [-0.2, -0.15) is 0 Å². The molecule has 43 heavy (non-hydrogen) atoms. The van der Waals surface area contributed by atoms with Gasteiger partial charge in [0, 0.05) is 29.8 Å². The quantitative estimate of drug-likeness (QED) is 0.276. The van der Waals surface area contributed by atoms with Gasteiger partial charge < -0.3 is 20.3 Å². The lowest BCUT2D eigenvalue weighted by Crippen LogP contribution is -2.46. The number of nitrogens with one attached hydrogen (secondary N) is 2. The predicted molar refractivity (Wildman–Crippen MR) is 168 cm³/mol. The first-order valence-corrected chi connectivity index (χ1v) is 14.5. The van der Waals surface area contributed by atoms with Gasteiger partial charge in [0.05, 0.1) is 41.1 Å². The van der Waals surface area contributed by atoms with Crippen LogP contribution in [-0.4, -0.2) is 46.5 Å². The molecule has 1 aromatic heterocycles. The molecule has 0 fully saturated rings. The molecular formula is C32H31Cl2N5O4. The molecule has 4 aromatic rings. The van der Waals surface area contributed by atoms with Gasteiger partial charge in [0.2, 0.25) is 5.95 Å². The first-order chi connectivity index (χ1) is 20.6. The number of ether oxygens (including phenoxy) is 1. The van der Waals surface area contributed by atoms with E-state index in [4.69, 9.17) is 32.9 Å². The van der Waals surface area contributed by atoms with Gasteiger partial charge in [-0.1, -0.05) is 35.3 Å². The highest BCUT2D eigenvalue weighted by Crippen LogP contribution is 2.29. The first-order valence-electron chi connectivity index (χ1n) is 13.7. The molecule has 0 saturated heterocycles. The van der Waals surface area contributed by atoms with Crippen LogP contribution < -0.4 is 20.9 Å². The number of methoxy groups -OCH3 is 1. The van der Waals surface area contributed by atoms with E-state index < -0.39 is 0 Å². The second-order valence-electron chi connectivity index (χ2n) is 10.4. The molecule has 0 spiro atoms. The highest BCUT2D eigenvalue weighted by molar-refractivity contribution is 6.42. The van der Waals surface area contributed by atoms with E-state index >= 15 is 0 Å². The van der Waals surface area contributed by atoms with Crippen LogP contribution in [0, 0.1) is 0 Å². The number of fused-ring (bicyclic) bond motifs is 1. The molecule has 0 bridgehead atoms. The van der Waals surface area contributed by atoms with E-state index in [0.717, 1.165) is 11.3 Å². The van der Waals surface area contributed by atoms with Crippen molar-refractivity contribution < 1.29 is 14.3 Å². The first kappa shape index (κ1) is 30.1. The van der Waals surface area contributed by atoms with Gasteiger partial charge >= 0.3 is 0 Å². The summed E-state index contributed by atoms with van der Waals surface area (Å²) in [5.41, 5.74) is 3.19. The van der Waals surface area contributed by atoms with Crippen LogP contribution in [0.15, 0.2) is 71.5 Å². The number of aromatic nitrogens is 2. The number of nitrogens with zero attached hydrogens (tertiary/aromatic N) is 3. The number of halogens is 2. The molecule has 1 aliphatic heterocycles. The summed E-state index contributed by atoms with van der Waals surface area (Å²) in [4.78, 5) is 46.4. The largest absolute Gasteiger partial charge is 0.497 e. The van der Waals surface area contributed by atoms with Crippen molar-refractivity contribution in [3.63, 3.8) is 0 Å². The van der Waals surface area contributed by atoms with Crippen molar-refractivity contribution in [3.05, 3.63) is 115 Å². The zero-order valence-corrected chi connectivity index (χ0v) is 25.7. The van der Waals surface area contributed by atoms with Crippen molar-refractivity contribution in [2.24, 2.45) is 0 Å². The Morgan fingerprint density at radius 2 is 1.67 bits per heavy atom. The number of benzene rings is 3. The normalized spacial score (nSPS) is 14.9. The zero-order chi connectivity index (χ0) is 30.8. The van der Waals surface area contributed by atoms with Gasteiger partial charge in [-0.3, -0.25) is 14.4 Å². The molecule has 9 nitrogen and oxygen atoms in total. The summed E-state index contributed by atoms with van der Waals surface area (Å²) in [5.74, 6) is 0.594. The third-order valence-electron chi connectivity index (χ3n) is 7.62. The van der Waals surface area contributed by atoms with Crippen LogP contribution in [0.3, 0.4) is 0 Å². The second-order valence-corrected chi connectivity index (χ2v) is 11.2. The maximum atomic E-state index is 14.1. The fraction of sp³-hybridized carbons (Fsp3) is 0.250. The highest BCUT2D eigenvalue weighted by atomic mass is 35.5. The van der Waals surface area contributed by atoms with Gasteiger partial charge in [0.1, 0.15) is 5.75 Å². The molecule has 3 aromatic carbocycles. The standard InChI is InChI=1S/C32H31Cl2N5O4/c1-18-15-25-28(17-38(18)30(41)22-9-14-26(33)27(34)16-22)37-32(36-19(2)20-7-12-24(43-4)13-8-20)39(31(25)42)23-10-5-21(6-11-23)29(40)35-3/h5-14,16,18-19H,15,17H2,1-4H3,(H,35,40)(H,36,37)/t18-,19+/m1/s1. The van der Waals surface area contributed by atoms with Crippen molar-refractivity contribution in [2.45, 2.75) is 38.9 Å². The lowest BCUT2D eigenvalue weighted by Gasteiger charge is -2.35. The van der Waals surface area contributed by atoms with E-state index in [1.165, 1.54) is 4.57 Å². The molecule has 0 aliphatic carbocycles. The summed E-state index contributed by atoms with van der Waals surface area (Å²) in [7, 11) is 3.17. The summed E-state index contributed by atoms with van der Waals surface area (Å²) in [6.45, 7) is 4.01. The van der Waals surface area contributed by atoms with Crippen molar-refractivity contribution in [3.8, 4) is 11.4 Å². The van der Waals surface area contributed by atoms with E-state index in [9.17, 15) is 14.4 Å². The Morgan fingerprint density at radius 3 is 2.30 bits per heavy atom. The molecule has 2 N–H and O–H groups in total.